The minimum absolute atomic E-state index is 0.0771. The quantitative estimate of drug-likeness (QED) is 0.275. The van der Waals surface area contributed by atoms with Crippen molar-refractivity contribution in [3.8, 4) is 0 Å². The van der Waals surface area contributed by atoms with E-state index in [1.54, 1.807) is 37.3 Å². The molecule has 5 nitrogen and oxygen atoms in total. The number of rotatable bonds is 2. The Morgan fingerprint density at radius 1 is 1.33 bits per heavy atom. The van der Waals surface area contributed by atoms with Crippen LogP contribution in [0.25, 0.3) is 0 Å². The first-order valence-electron chi connectivity index (χ1n) is 6.59. The molecule has 1 aromatic carbocycles. The highest BCUT2D eigenvalue weighted by molar-refractivity contribution is 7.91. The fourth-order valence-electron chi connectivity index (χ4n) is 2.69. The Labute approximate surface area is 123 Å². The van der Waals surface area contributed by atoms with Crippen molar-refractivity contribution in [2.24, 2.45) is 5.92 Å². The molecule has 0 radical (unpaired) electrons. The summed E-state index contributed by atoms with van der Waals surface area (Å²) in [5.41, 5.74) is 0.643. The largest absolute Gasteiger partial charge is 0.646 e. The van der Waals surface area contributed by atoms with Crippen molar-refractivity contribution in [3.63, 3.8) is 0 Å². The molecule has 0 saturated carbocycles. The summed E-state index contributed by atoms with van der Waals surface area (Å²) in [7, 11) is -1.86. The van der Waals surface area contributed by atoms with E-state index in [9.17, 15) is 19.5 Å². The van der Waals surface area contributed by atoms with Gasteiger partial charge in [0.25, 0.3) is 5.69 Å². The van der Waals surface area contributed by atoms with Gasteiger partial charge < -0.3 is 4.55 Å². The van der Waals surface area contributed by atoms with Crippen LogP contribution >= 0.6 is 0 Å². The number of hydrogen-bond donors (Lipinski definition) is 0. The summed E-state index contributed by atoms with van der Waals surface area (Å²) in [5.74, 6) is -0.779. The number of carbonyl (C=O) groups is 1. The molecule has 0 spiro atoms. The van der Waals surface area contributed by atoms with Crippen LogP contribution in [-0.2, 0) is 17.2 Å². The number of aryl methyl sites for hydroxylation is 1. The molecule has 0 saturated heterocycles. The molecule has 1 heterocycles. The van der Waals surface area contributed by atoms with Gasteiger partial charge >= 0.3 is 0 Å². The van der Waals surface area contributed by atoms with Crippen LogP contribution in [0.5, 0.6) is 0 Å². The summed E-state index contributed by atoms with van der Waals surface area (Å²) in [4.78, 5) is 24.2. The molecule has 1 aliphatic carbocycles. The zero-order valence-electron chi connectivity index (χ0n) is 11.3. The van der Waals surface area contributed by atoms with Gasteiger partial charge in [0.1, 0.15) is 15.7 Å². The third-order valence-electron chi connectivity index (χ3n) is 3.78. The summed E-state index contributed by atoms with van der Waals surface area (Å²) < 4.78 is 12.6. The lowest BCUT2D eigenvalue weighted by atomic mass is 9.90. The predicted octanol–water partition coefficient (Wildman–Crippen LogP) is 2.11. The molecule has 6 heteroatoms. The van der Waals surface area contributed by atoms with Gasteiger partial charge in [-0.1, -0.05) is 25.2 Å². The van der Waals surface area contributed by atoms with E-state index in [4.69, 9.17) is 0 Å². The average Bonchev–Trinajstić information content (AvgIpc) is 2.51. The normalized spacial score (nSPS) is 23.0. The van der Waals surface area contributed by atoms with E-state index in [0.717, 1.165) is 0 Å². The van der Waals surface area contributed by atoms with Crippen LogP contribution in [0.2, 0.25) is 0 Å². The third kappa shape index (κ3) is 2.07. The molecule has 2 aliphatic rings. The number of nitrogens with zero attached hydrogens (tertiary/aromatic N) is 1. The number of thiol groups is 1. The summed E-state index contributed by atoms with van der Waals surface area (Å²) in [6.45, 7) is 1.80. The molecule has 3 rings (SSSR count). The highest BCUT2D eigenvalue weighted by Crippen LogP contribution is 2.33. The van der Waals surface area contributed by atoms with Gasteiger partial charge in [0, 0.05) is 17.7 Å². The number of carbonyl (C=O) groups excluding carboxylic acids is 1. The highest BCUT2D eigenvalue weighted by atomic mass is 32.2. The SMILES string of the molecule is CCc1cc2c(cc1[N+](=O)[O-])C(=O)C1C=CC=CC1=[SH+]2[O-]. The van der Waals surface area contributed by atoms with Gasteiger partial charge in [0.05, 0.1) is 10.5 Å². The first-order valence-corrected chi connectivity index (χ1v) is 7.85. The van der Waals surface area contributed by atoms with Crippen molar-refractivity contribution >= 4 is 27.1 Å². The molecular formula is C15H13NO4S. The molecular weight excluding hydrogens is 290 g/mol. The maximum Gasteiger partial charge on any atom is 0.273 e. The van der Waals surface area contributed by atoms with Gasteiger partial charge in [-0.05, 0) is 12.5 Å². The minimum atomic E-state index is -1.86. The molecule has 21 heavy (non-hydrogen) atoms. The molecule has 2 atom stereocenters. The van der Waals surface area contributed by atoms with Crippen LogP contribution in [0, 0.1) is 16.0 Å². The van der Waals surface area contributed by atoms with Crippen molar-refractivity contribution in [1.82, 2.24) is 0 Å². The highest BCUT2D eigenvalue weighted by Gasteiger charge is 2.36. The summed E-state index contributed by atoms with van der Waals surface area (Å²) in [6, 6.07) is 2.84. The summed E-state index contributed by atoms with van der Waals surface area (Å²) >= 11 is 0. The molecule has 0 fully saturated rings. The van der Waals surface area contributed by atoms with E-state index in [1.165, 1.54) is 6.07 Å². The number of hydrogen-bond acceptors (Lipinski definition) is 4. The van der Waals surface area contributed by atoms with Crippen LogP contribution in [0.3, 0.4) is 0 Å². The van der Waals surface area contributed by atoms with Crippen molar-refractivity contribution in [1.29, 1.82) is 0 Å². The fraction of sp³-hybridized carbons (Fsp3) is 0.200. The van der Waals surface area contributed by atoms with Gasteiger partial charge in [0.15, 0.2) is 5.78 Å². The topological polar surface area (TPSA) is 83.3 Å². The summed E-state index contributed by atoms with van der Waals surface area (Å²) in [6.07, 6.45) is 7.33. The van der Waals surface area contributed by atoms with Gasteiger partial charge in [-0.15, -0.1) is 10.8 Å². The number of fused-ring (bicyclic) bond motifs is 2. The van der Waals surface area contributed by atoms with E-state index in [-0.39, 0.29) is 17.0 Å². The Bertz CT molecular complexity index is 761. The Morgan fingerprint density at radius 3 is 2.76 bits per heavy atom. The fourth-order valence-corrected chi connectivity index (χ4v) is 4.31. The molecule has 0 aromatic heterocycles. The van der Waals surface area contributed by atoms with E-state index < -0.39 is 21.6 Å². The maximum absolute atomic E-state index is 12.6. The van der Waals surface area contributed by atoms with Crippen molar-refractivity contribution in [3.05, 3.63) is 57.7 Å². The van der Waals surface area contributed by atoms with Gasteiger partial charge in [0.2, 0.25) is 0 Å². The molecule has 0 N–H and O–H groups in total. The average molecular weight is 303 g/mol. The van der Waals surface area contributed by atoms with Crippen LogP contribution in [0.1, 0.15) is 22.8 Å². The smallest absolute Gasteiger partial charge is 0.273 e. The lowest BCUT2D eigenvalue weighted by Gasteiger charge is -2.25. The molecule has 2 unspecified atom stereocenters. The number of ketones is 1. The van der Waals surface area contributed by atoms with Crippen LogP contribution in [-0.4, -0.2) is 20.1 Å². The van der Waals surface area contributed by atoms with Crippen LogP contribution in [0.15, 0.2) is 41.3 Å². The maximum atomic E-state index is 12.6. The second-order valence-electron chi connectivity index (χ2n) is 4.91. The third-order valence-corrected chi connectivity index (χ3v) is 5.48. The zero-order chi connectivity index (χ0) is 15.1. The lowest BCUT2D eigenvalue weighted by molar-refractivity contribution is -0.385. The molecule has 108 valence electrons. The second kappa shape index (κ2) is 5.05. The molecule has 1 aliphatic heterocycles. The lowest BCUT2D eigenvalue weighted by Crippen LogP contribution is -2.31. The van der Waals surface area contributed by atoms with E-state index in [1.807, 2.05) is 0 Å². The molecule has 1 aromatic rings. The van der Waals surface area contributed by atoms with Gasteiger partial charge in [-0.25, -0.2) is 0 Å². The zero-order valence-corrected chi connectivity index (χ0v) is 12.2. The minimum Gasteiger partial charge on any atom is -0.646 e. The summed E-state index contributed by atoms with van der Waals surface area (Å²) in [5, 5.41) is 11.1. The number of benzene rings is 1. The Hall–Kier alpha value is -2.05. The monoisotopic (exact) mass is 303 g/mol. The second-order valence-corrected chi connectivity index (χ2v) is 6.50. The first kappa shape index (κ1) is 13.9. The van der Waals surface area contributed by atoms with Crippen molar-refractivity contribution in [2.75, 3.05) is 0 Å². The number of allylic oxidation sites excluding steroid dienone is 4. The van der Waals surface area contributed by atoms with E-state index in [2.05, 4.69) is 0 Å². The van der Waals surface area contributed by atoms with Gasteiger partial charge in [-0.3, -0.25) is 14.9 Å². The van der Waals surface area contributed by atoms with Crippen molar-refractivity contribution in [2.45, 2.75) is 18.2 Å². The Balaban J connectivity index is 2.29. The Kier molecular flexibility index (Phi) is 3.35. The molecule has 0 amide bonds. The number of Topliss-reactive ketones (excluding diaryl/α,β-unsaturated/α-hetero) is 1. The number of nitro benzene ring substituents is 1. The van der Waals surface area contributed by atoms with Crippen molar-refractivity contribution < 1.29 is 14.3 Å². The van der Waals surface area contributed by atoms with Crippen LogP contribution < -0.4 is 0 Å². The first-order chi connectivity index (χ1) is 10.0. The van der Waals surface area contributed by atoms with Gasteiger partial charge in [-0.2, -0.15) is 0 Å². The predicted molar refractivity (Wildman–Crippen MR) is 81.4 cm³/mol. The standard InChI is InChI=1S/C15H13NO4S/c1-2-9-7-14-11(8-12(9)16(18)19)15(17)10-5-3-4-6-13(10)21(14)20/h3-8,10,21H,2H2,1H3. The Morgan fingerprint density at radius 2 is 2.10 bits per heavy atom. The number of nitro groups is 1. The van der Waals surface area contributed by atoms with E-state index >= 15 is 0 Å². The molecule has 0 bridgehead atoms. The van der Waals surface area contributed by atoms with E-state index in [0.29, 0.717) is 21.7 Å². The van der Waals surface area contributed by atoms with Crippen LogP contribution in [0.4, 0.5) is 5.69 Å².